The molecule has 0 aromatic heterocycles. The van der Waals surface area contributed by atoms with Crippen LogP contribution in [0.4, 0.5) is 0 Å². The van der Waals surface area contributed by atoms with E-state index in [-0.39, 0.29) is 0 Å². The summed E-state index contributed by atoms with van der Waals surface area (Å²) in [6.07, 6.45) is -63.5. The lowest BCUT2D eigenvalue weighted by Crippen LogP contribution is -2.71. The van der Waals surface area contributed by atoms with Crippen molar-refractivity contribution < 1.29 is 193 Å². The molecule has 44 heteroatoms. The molecule has 44 nitrogen and oxygen atoms in total. The fourth-order valence-electron chi connectivity index (χ4n) is 12.2. The van der Waals surface area contributed by atoms with Gasteiger partial charge in [0.05, 0.1) is 71.0 Å². The lowest BCUT2D eigenvalue weighted by Gasteiger charge is -2.52. The minimum absolute atomic E-state index is 0.800. The van der Waals surface area contributed by atoms with E-state index in [9.17, 15) is 136 Å². The summed E-state index contributed by atoms with van der Waals surface area (Å²) in [7, 11) is 0. The molecular formula is C55H93N5O39. The first-order valence-corrected chi connectivity index (χ1v) is 31.1. The Morgan fingerprint density at radius 2 is 0.899 bits per heavy atom. The van der Waals surface area contributed by atoms with Crippen molar-refractivity contribution in [1.29, 1.82) is 0 Å². The van der Waals surface area contributed by atoms with Crippen LogP contribution in [0.5, 0.6) is 0 Å². The normalized spacial score (nSPS) is 41.5. The summed E-state index contributed by atoms with van der Waals surface area (Å²) in [5.74, 6) is -10.2. The molecule has 0 unspecified atom stereocenters. The van der Waals surface area contributed by atoms with E-state index in [1.54, 1.807) is 0 Å². The molecule has 0 aromatic rings. The van der Waals surface area contributed by atoms with Gasteiger partial charge in [0.25, 0.3) is 5.79 Å². The number of aliphatic hydroxyl groups excluding tert-OH is 20. The predicted octanol–water partition coefficient (Wildman–Crippen LogP) is -16.7. The van der Waals surface area contributed by atoms with E-state index in [2.05, 4.69) is 26.6 Å². The summed E-state index contributed by atoms with van der Waals surface area (Å²) in [6.45, 7) is -4.43. The van der Waals surface area contributed by atoms with Crippen LogP contribution < -0.4 is 26.6 Å². The summed E-state index contributed by atoms with van der Waals surface area (Å²) in [4.78, 5) is 76.1. The first kappa shape index (κ1) is 83.5. The van der Waals surface area contributed by atoms with Gasteiger partial charge in [-0.1, -0.05) is 0 Å². The van der Waals surface area contributed by atoms with Gasteiger partial charge < -0.3 is 191 Å². The van der Waals surface area contributed by atoms with Gasteiger partial charge in [-0.05, 0) is 0 Å². The highest BCUT2D eigenvalue weighted by atomic mass is 16.8. The summed E-state index contributed by atoms with van der Waals surface area (Å²) in [6, 6.07) is -8.89. The van der Waals surface area contributed by atoms with Gasteiger partial charge in [0.2, 0.25) is 29.5 Å². The van der Waals surface area contributed by atoms with Crippen LogP contribution in [0.15, 0.2) is 0 Å². The summed E-state index contributed by atoms with van der Waals surface area (Å²) in [5.41, 5.74) is 0. The second-order valence-corrected chi connectivity index (χ2v) is 24.5. The average Bonchev–Trinajstić information content (AvgIpc) is 0.763. The van der Waals surface area contributed by atoms with E-state index in [1.807, 2.05) is 0 Å². The fraction of sp³-hybridized carbons (Fsp3) is 0.891. The van der Waals surface area contributed by atoms with E-state index >= 15 is 0 Å². The average molecular weight is 1450 g/mol. The smallest absolute Gasteiger partial charge is 0.364 e. The van der Waals surface area contributed by atoms with Gasteiger partial charge in [0, 0.05) is 41.0 Å². The molecule has 6 aliphatic heterocycles. The molecule has 0 radical (unpaired) electrons. The standard InChI is InChI=1S/C55H93N5O39/c1-15(68)56-20(7-61)43(34(77)23(75)14-88-49-32(60-19(5)72)46(37(80)26(11-65)89-49)97-51-31(59-18(4)71)39(82)36(79)25(10-64)91-51)94-53-42(85)48(99-55(54(86)87)6-21(73)29(57-16(2)69)47(98-55)33(76)22(74)8-62)45(28(13-67)93-53)96-52-41(84)40(83)44(27(12-66)92-52)95-50-30(58-17(3)70)38(81)35(78)24(9-63)90-50/h20-53,61-67,73-85H,6-14H2,1-5H3,(H,56,68)(H,57,69)(H,58,70)(H,59,71)(H,60,72)(H,86,87)/t20-,21-,22+,23+,24+,25+,26+,27+,28+,29+,30+,31+,32+,33+,34-,35+,36+,37+,38+,39+,40+,41+,42+,43+,44-,45-,46+,47+,48+,49+,50+,51-,52-,53-,55-/m0/s1. The maximum absolute atomic E-state index is 13.7. The highest BCUT2D eigenvalue weighted by Gasteiger charge is 2.62. The van der Waals surface area contributed by atoms with Crippen molar-refractivity contribution in [2.45, 2.75) is 255 Å². The van der Waals surface area contributed by atoms with Crippen LogP contribution in [0.1, 0.15) is 41.0 Å². The number of carboxylic acids is 1. The third-order valence-electron chi connectivity index (χ3n) is 17.2. The Labute approximate surface area is 561 Å². The summed E-state index contributed by atoms with van der Waals surface area (Å²) >= 11 is 0. The molecule has 6 saturated heterocycles. The van der Waals surface area contributed by atoms with Gasteiger partial charge in [0.15, 0.2) is 31.5 Å². The maximum atomic E-state index is 13.7. The molecule has 6 heterocycles. The number of rotatable bonds is 31. The van der Waals surface area contributed by atoms with Crippen molar-refractivity contribution in [3.8, 4) is 0 Å². The van der Waals surface area contributed by atoms with Crippen molar-refractivity contribution in [2.24, 2.45) is 0 Å². The first-order chi connectivity index (χ1) is 46.6. The molecule has 6 rings (SSSR count). The lowest BCUT2D eigenvalue weighted by atomic mass is 9.88. The zero-order chi connectivity index (χ0) is 74.0. The highest BCUT2D eigenvalue weighted by molar-refractivity contribution is 5.77. The molecular weight excluding hydrogens is 1350 g/mol. The zero-order valence-corrected chi connectivity index (χ0v) is 53.7. The summed E-state index contributed by atoms with van der Waals surface area (Å²) < 4.78 is 70.4. The topological polar surface area (TPSA) is 698 Å². The number of hydrogen-bond acceptors (Lipinski definition) is 38. The Kier molecular flexibility index (Phi) is 31.0. The first-order valence-electron chi connectivity index (χ1n) is 31.1. The van der Waals surface area contributed by atoms with E-state index in [4.69, 9.17) is 56.8 Å². The van der Waals surface area contributed by atoms with Gasteiger partial charge in [-0.2, -0.15) is 0 Å². The van der Waals surface area contributed by atoms with Gasteiger partial charge in [-0.15, -0.1) is 0 Å². The van der Waals surface area contributed by atoms with Gasteiger partial charge >= 0.3 is 5.97 Å². The zero-order valence-electron chi connectivity index (χ0n) is 53.7. The number of nitrogens with one attached hydrogen (secondary N) is 5. The molecule has 6 fully saturated rings. The number of carbonyl (C=O) groups excluding carboxylic acids is 5. The number of aliphatic carboxylic acids is 1. The number of carbonyl (C=O) groups is 6. The SMILES string of the molecule is CC(=O)N[C@H]1[C@H](O[C@H]2[C@H](O)[C@@H](CO)O[C@@H](OC[C@@H](O)[C@H](O)[C@H](O[C@@H]3O[C@H](CO)[C@H](O[C@@H]4O[C@H](CO)[C@H](O[C@H]5O[C@H](CO)[C@@H](O)[C@H](O)[C@H]5NC(C)=O)[C@H](O)[C@H]4O)[C@H](O[C@]4(C(=O)O)C[C@H](O)[C@@H](NC(C)=O)[C@H]([C@H](O)[C@H](O)CO)O4)[C@H]3O)[C@H](CO)NC(C)=O)[C@@H]2NC(C)=O)O[C@H](CO)[C@@H](O)[C@@H]1O. The van der Waals surface area contributed by atoms with E-state index < -0.39 is 309 Å². The van der Waals surface area contributed by atoms with Crippen LogP contribution in [-0.2, 0) is 85.6 Å². The van der Waals surface area contributed by atoms with Crippen molar-refractivity contribution in [3.05, 3.63) is 0 Å². The Morgan fingerprint density at radius 1 is 0.455 bits per heavy atom. The largest absolute Gasteiger partial charge is 0.477 e. The minimum Gasteiger partial charge on any atom is -0.477 e. The molecule has 5 amide bonds. The van der Waals surface area contributed by atoms with Gasteiger partial charge in [-0.25, -0.2) is 4.79 Å². The van der Waals surface area contributed by atoms with Crippen molar-refractivity contribution in [3.63, 3.8) is 0 Å². The Balaban J connectivity index is 1.38. The molecule has 6 aliphatic rings. The molecule has 99 heavy (non-hydrogen) atoms. The second kappa shape index (κ2) is 36.8. The van der Waals surface area contributed by atoms with E-state index in [0.29, 0.717) is 0 Å². The monoisotopic (exact) mass is 1450 g/mol. The van der Waals surface area contributed by atoms with Crippen LogP contribution in [0.25, 0.3) is 0 Å². The predicted molar refractivity (Wildman–Crippen MR) is 309 cm³/mol. The molecule has 26 N–H and O–H groups in total. The number of hydrogen-bond donors (Lipinski definition) is 26. The molecule has 0 saturated carbocycles. The quantitative estimate of drug-likeness (QED) is 0.0306. The van der Waals surface area contributed by atoms with Crippen molar-refractivity contribution in [1.82, 2.24) is 26.6 Å². The molecule has 35 atom stereocenters. The van der Waals surface area contributed by atoms with Crippen LogP contribution in [0, 0.1) is 0 Å². The maximum Gasteiger partial charge on any atom is 0.364 e. The number of carboxylic acid groups (broad SMARTS) is 1. The minimum atomic E-state index is -3.50. The number of aliphatic hydroxyl groups is 20. The Hall–Kier alpha value is -4.46. The van der Waals surface area contributed by atoms with Crippen LogP contribution in [0.2, 0.25) is 0 Å². The third-order valence-corrected chi connectivity index (χ3v) is 17.2. The third kappa shape index (κ3) is 19.7. The van der Waals surface area contributed by atoms with Crippen molar-refractivity contribution in [2.75, 3.05) is 52.9 Å². The molecule has 0 spiro atoms. The Morgan fingerprint density at radius 3 is 1.37 bits per heavy atom. The number of ether oxygens (including phenoxy) is 12. The van der Waals surface area contributed by atoms with Crippen molar-refractivity contribution >= 4 is 35.5 Å². The van der Waals surface area contributed by atoms with Crippen LogP contribution in [-0.4, -0.2) is 410 Å². The highest BCUT2D eigenvalue weighted by Crippen LogP contribution is 2.41. The van der Waals surface area contributed by atoms with E-state index in [1.165, 1.54) is 0 Å². The Bertz CT molecular complexity index is 2610. The summed E-state index contributed by atoms with van der Waals surface area (Å²) in [5, 5.41) is 243. The van der Waals surface area contributed by atoms with Gasteiger partial charge in [0.1, 0.15) is 159 Å². The van der Waals surface area contributed by atoms with Crippen LogP contribution in [0.3, 0.4) is 0 Å². The molecule has 572 valence electrons. The van der Waals surface area contributed by atoms with E-state index in [0.717, 1.165) is 34.6 Å². The van der Waals surface area contributed by atoms with Gasteiger partial charge in [-0.3, -0.25) is 24.0 Å². The fourth-order valence-corrected chi connectivity index (χ4v) is 12.2. The van der Waals surface area contributed by atoms with Crippen LogP contribution >= 0.6 is 0 Å². The second-order valence-electron chi connectivity index (χ2n) is 24.5. The number of amides is 5. The molecule has 0 bridgehead atoms. The lowest BCUT2D eigenvalue weighted by molar-refractivity contribution is -0.402. The molecule has 0 aromatic carbocycles. The molecule has 0 aliphatic carbocycles.